The Morgan fingerprint density at radius 2 is 0.720 bits per heavy atom. The van der Waals surface area contributed by atoms with Crippen molar-refractivity contribution in [3.8, 4) is 0 Å². The molecule has 0 aliphatic heterocycles. The molecule has 0 aliphatic rings. The van der Waals surface area contributed by atoms with Crippen molar-refractivity contribution in [2.24, 2.45) is 0 Å². The van der Waals surface area contributed by atoms with Crippen molar-refractivity contribution in [2.75, 3.05) is 27.7 Å². The predicted molar refractivity (Wildman–Crippen MR) is 108 cm³/mol. The summed E-state index contributed by atoms with van der Waals surface area (Å²) in [5, 5.41) is 0. The fraction of sp³-hybridized carbons (Fsp3) is 1.00. The van der Waals surface area contributed by atoms with Crippen LogP contribution in [0.5, 0.6) is 0 Å². The van der Waals surface area contributed by atoms with Crippen LogP contribution in [0.4, 0.5) is 0 Å². The number of hydrogen-bond donors (Lipinski definition) is 1. The van der Waals surface area contributed by atoms with Gasteiger partial charge in [0.15, 0.2) is 0 Å². The summed E-state index contributed by atoms with van der Waals surface area (Å²) < 4.78 is 1.12. The average Bonchev–Trinajstić information content (AvgIpc) is 2.45. The number of nitrogens with zero attached hydrogens (tertiary/aromatic N) is 1. The van der Waals surface area contributed by atoms with Crippen LogP contribution in [-0.2, 0) is 0 Å². The van der Waals surface area contributed by atoms with Crippen molar-refractivity contribution < 1.29 is 33.9 Å². The first-order valence-electron chi connectivity index (χ1n) is 10.4. The van der Waals surface area contributed by atoms with Crippen molar-refractivity contribution in [2.45, 2.75) is 110 Å². The molecule has 0 fully saturated rings. The summed E-state index contributed by atoms with van der Waals surface area (Å²) in [6.45, 7) is 3.63. The van der Waals surface area contributed by atoms with Gasteiger partial charge >= 0.3 is 0 Å². The molecule has 0 atom stereocenters. The summed E-state index contributed by atoms with van der Waals surface area (Å²) in [5.74, 6) is 0. The molecule has 0 amide bonds. The molecule has 4 N–H and O–H groups in total. The van der Waals surface area contributed by atoms with Gasteiger partial charge in [-0.2, -0.15) is 0 Å². The molecule has 0 saturated carbocycles. The summed E-state index contributed by atoms with van der Waals surface area (Å²) in [6.07, 6.45) is 23.4. The lowest BCUT2D eigenvalue weighted by Gasteiger charge is -2.23. The first-order valence-corrected chi connectivity index (χ1v) is 10.4. The Balaban J connectivity index is -0.000000735. The molecule has 0 saturated heterocycles. The average molecular weight is 446 g/mol. The van der Waals surface area contributed by atoms with Crippen LogP contribution in [0.25, 0.3) is 0 Å². The zero-order valence-corrected chi connectivity index (χ0v) is 20.6. The van der Waals surface area contributed by atoms with E-state index in [0.717, 1.165) is 4.48 Å². The van der Waals surface area contributed by atoms with Gasteiger partial charge in [0.05, 0.1) is 27.7 Å². The predicted octanol–water partition coefficient (Wildman–Crippen LogP) is 1.34. The van der Waals surface area contributed by atoms with Gasteiger partial charge in [-0.15, -0.1) is 0 Å². The third kappa shape index (κ3) is 32.8. The van der Waals surface area contributed by atoms with Gasteiger partial charge in [-0.05, 0) is 12.8 Å². The van der Waals surface area contributed by atoms with E-state index in [4.69, 9.17) is 0 Å². The third-order valence-corrected chi connectivity index (χ3v) is 4.68. The minimum absolute atomic E-state index is 0. The SMILES string of the molecule is CCCCCCCCCCCCCCCCCC[N+](C)(C)C.[Br-].[Cl-].[NH4+]. The van der Waals surface area contributed by atoms with Crippen molar-refractivity contribution in [1.82, 2.24) is 6.15 Å². The van der Waals surface area contributed by atoms with Crippen LogP contribution in [0.15, 0.2) is 0 Å². The molecule has 0 aromatic heterocycles. The van der Waals surface area contributed by atoms with E-state index >= 15 is 0 Å². The Hall–Kier alpha value is 0.690. The smallest absolute Gasteiger partial charge is 0.0780 e. The normalized spacial score (nSPS) is 10.6. The second kappa shape index (κ2) is 24.7. The van der Waals surface area contributed by atoms with E-state index in [0.29, 0.717) is 0 Å². The summed E-state index contributed by atoms with van der Waals surface area (Å²) >= 11 is 0. The lowest BCUT2D eigenvalue weighted by Crippen LogP contribution is -3.00. The highest BCUT2D eigenvalue weighted by molar-refractivity contribution is 4.49. The minimum Gasteiger partial charge on any atom is -1.00 e. The van der Waals surface area contributed by atoms with Gasteiger partial charge < -0.3 is 40.0 Å². The zero-order valence-electron chi connectivity index (χ0n) is 18.2. The first kappa shape index (κ1) is 33.3. The van der Waals surface area contributed by atoms with Crippen LogP contribution >= 0.6 is 0 Å². The van der Waals surface area contributed by atoms with Crippen LogP contribution < -0.4 is 35.5 Å². The molecular weight excluding hydrogens is 396 g/mol. The highest BCUT2D eigenvalue weighted by atomic mass is 79.9. The Kier molecular flexibility index (Phi) is 32.9. The molecule has 0 aliphatic carbocycles. The molecule has 2 nitrogen and oxygen atoms in total. The highest BCUT2D eigenvalue weighted by Gasteiger charge is 2.04. The van der Waals surface area contributed by atoms with E-state index in [1.807, 2.05) is 0 Å². The Labute approximate surface area is 177 Å². The lowest BCUT2D eigenvalue weighted by atomic mass is 10.0. The number of unbranched alkanes of at least 4 members (excludes halogenated alkanes) is 15. The van der Waals surface area contributed by atoms with Gasteiger partial charge in [0, 0.05) is 0 Å². The van der Waals surface area contributed by atoms with E-state index in [1.165, 1.54) is 109 Å². The molecule has 25 heavy (non-hydrogen) atoms. The van der Waals surface area contributed by atoms with Gasteiger partial charge in [-0.3, -0.25) is 0 Å². The fourth-order valence-electron chi connectivity index (χ4n) is 3.13. The monoisotopic (exact) mass is 444 g/mol. The maximum Gasteiger partial charge on any atom is 0.0780 e. The van der Waals surface area contributed by atoms with Gasteiger partial charge in [-0.25, -0.2) is 0 Å². The van der Waals surface area contributed by atoms with Gasteiger partial charge in [0.1, 0.15) is 0 Å². The van der Waals surface area contributed by atoms with Gasteiger partial charge in [0.2, 0.25) is 0 Å². The second-order valence-electron chi connectivity index (χ2n) is 8.32. The quantitative estimate of drug-likeness (QED) is 0.259. The molecule has 0 aromatic rings. The number of quaternary nitrogens is 2. The molecule has 0 rings (SSSR count). The third-order valence-electron chi connectivity index (χ3n) is 4.68. The number of hydrogen-bond acceptors (Lipinski definition) is 0. The van der Waals surface area contributed by atoms with Gasteiger partial charge in [0.25, 0.3) is 0 Å². The number of halogens is 2. The molecule has 4 heteroatoms. The molecular formula is C21H50BrClN2. The van der Waals surface area contributed by atoms with Crippen LogP contribution in [0.3, 0.4) is 0 Å². The largest absolute Gasteiger partial charge is 1.00 e. The van der Waals surface area contributed by atoms with Crippen LogP contribution in [0.2, 0.25) is 0 Å². The van der Waals surface area contributed by atoms with Crippen LogP contribution in [0, 0.1) is 0 Å². The summed E-state index contributed by atoms with van der Waals surface area (Å²) in [4.78, 5) is 0. The van der Waals surface area contributed by atoms with E-state index in [1.54, 1.807) is 0 Å². The molecule has 0 heterocycles. The molecule has 158 valence electrons. The molecule has 0 spiro atoms. The van der Waals surface area contributed by atoms with Crippen molar-refractivity contribution >= 4 is 0 Å². The highest BCUT2D eigenvalue weighted by Crippen LogP contribution is 2.13. The maximum atomic E-state index is 2.30. The zero-order chi connectivity index (χ0) is 16.5. The standard InChI is InChI=1S/C21H46N.BrH.ClH.H3N/c1-5-6-7-8-9-10-11-12-13-14-15-16-17-18-19-20-21-22(2,3)4;;;/h5-21H2,1-4H3;2*1H;1H3/q+1;;;/p-1. The van der Waals surface area contributed by atoms with E-state index < -0.39 is 0 Å². The second-order valence-corrected chi connectivity index (χ2v) is 8.32. The van der Waals surface area contributed by atoms with Gasteiger partial charge in [-0.1, -0.05) is 96.8 Å². The van der Waals surface area contributed by atoms with E-state index in [9.17, 15) is 0 Å². The van der Waals surface area contributed by atoms with E-state index in [2.05, 4.69) is 28.1 Å². The molecule has 0 aromatic carbocycles. The fourth-order valence-corrected chi connectivity index (χ4v) is 3.13. The molecule has 0 bridgehead atoms. The van der Waals surface area contributed by atoms with Crippen LogP contribution in [0.1, 0.15) is 110 Å². The Morgan fingerprint density at radius 1 is 0.480 bits per heavy atom. The number of rotatable bonds is 17. The molecule has 0 radical (unpaired) electrons. The molecule has 0 unspecified atom stereocenters. The summed E-state index contributed by atoms with van der Waals surface area (Å²) in [7, 11) is 6.89. The Morgan fingerprint density at radius 3 is 0.960 bits per heavy atom. The van der Waals surface area contributed by atoms with E-state index in [-0.39, 0.29) is 35.5 Å². The van der Waals surface area contributed by atoms with Crippen LogP contribution in [-0.4, -0.2) is 32.2 Å². The Bertz CT molecular complexity index is 220. The topological polar surface area (TPSA) is 36.5 Å². The van der Waals surface area contributed by atoms with Crippen molar-refractivity contribution in [3.05, 3.63) is 0 Å². The first-order chi connectivity index (χ1) is 10.6. The summed E-state index contributed by atoms with van der Waals surface area (Å²) in [6, 6.07) is 0. The van der Waals surface area contributed by atoms with Crippen molar-refractivity contribution in [1.29, 1.82) is 0 Å². The van der Waals surface area contributed by atoms with Crippen molar-refractivity contribution in [3.63, 3.8) is 0 Å². The summed E-state index contributed by atoms with van der Waals surface area (Å²) in [5.41, 5.74) is 0. The minimum atomic E-state index is 0. The maximum absolute atomic E-state index is 2.30. The lowest BCUT2D eigenvalue weighted by molar-refractivity contribution is -0.870.